The van der Waals surface area contributed by atoms with E-state index in [4.69, 9.17) is 46.4 Å². The summed E-state index contributed by atoms with van der Waals surface area (Å²) in [6.45, 7) is 0. The topological polar surface area (TPSA) is 68.3 Å². The summed E-state index contributed by atoms with van der Waals surface area (Å²) in [6, 6.07) is 62.5. The molecule has 4 nitrogen and oxygen atoms in total. The minimum atomic E-state index is -0.730. The largest absolute Gasteiger partial charge is 0.294 e. The molecule has 0 bridgehead atoms. The lowest BCUT2D eigenvalue weighted by Crippen LogP contribution is -2.70. The van der Waals surface area contributed by atoms with Crippen molar-refractivity contribution in [2.24, 2.45) is 23.7 Å². The first-order valence-corrected chi connectivity index (χ1v) is 24.2. The van der Waals surface area contributed by atoms with Crippen molar-refractivity contribution in [2.75, 3.05) is 0 Å². The Bertz CT molecular complexity index is 3040. The van der Waals surface area contributed by atoms with Crippen molar-refractivity contribution in [2.45, 2.75) is 21.7 Å². The number of ketones is 4. The number of hydrogen-bond acceptors (Lipinski definition) is 4. The van der Waals surface area contributed by atoms with Crippen LogP contribution in [0.1, 0.15) is 85.9 Å². The molecule has 6 aliphatic carbocycles. The number of halogens is 4. The maximum absolute atomic E-state index is 14.0. The average molecular weight is 963 g/mol. The van der Waals surface area contributed by atoms with Gasteiger partial charge in [0.15, 0.2) is 23.1 Å². The Morgan fingerprint density at radius 2 is 0.426 bits per heavy atom. The molecule has 0 spiro atoms. The van der Waals surface area contributed by atoms with Gasteiger partial charge in [0.2, 0.25) is 0 Å². The van der Waals surface area contributed by atoms with Crippen molar-refractivity contribution < 1.29 is 19.2 Å². The molecule has 8 aromatic rings. The third kappa shape index (κ3) is 4.75. The molecule has 0 unspecified atom stereocenters. The van der Waals surface area contributed by atoms with Crippen LogP contribution in [0, 0.1) is 23.7 Å². The van der Waals surface area contributed by atoms with Crippen molar-refractivity contribution in [1.82, 2.24) is 0 Å². The molecule has 0 aliphatic heterocycles. The highest BCUT2D eigenvalue weighted by molar-refractivity contribution is 6.31. The Balaban J connectivity index is 0.000000134. The number of fused-ring (bicyclic) bond motifs is 16. The van der Waals surface area contributed by atoms with Crippen LogP contribution >= 0.6 is 46.4 Å². The molecule has 6 aliphatic rings. The molecule has 0 radical (unpaired) electrons. The first-order chi connectivity index (χ1) is 33.0. The fourth-order valence-corrected chi connectivity index (χ4v) is 15.1. The van der Waals surface area contributed by atoms with Gasteiger partial charge in [0.05, 0.1) is 0 Å². The van der Waals surface area contributed by atoms with E-state index in [-0.39, 0.29) is 23.1 Å². The van der Waals surface area contributed by atoms with Crippen LogP contribution in [0.15, 0.2) is 194 Å². The van der Waals surface area contributed by atoms with E-state index in [0.29, 0.717) is 42.3 Å². The highest BCUT2D eigenvalue weighted by atomic mass is 35.5. The minimum Gasteiger partial charge on any atom is -0.294 e. The zero-order valence-electron chi connectivity index (χ0n) is 35.9. The lowest BCUT2D eigenvalue weighted by atomic mass is 9.34. The second-order valence-electron chi connectivity index (χ2n) is 18.8. The number of carbonyl (C=O) groups excluding carboxylic acids is 4. The normalized spacial score (nSPS) is 28.1. The second kappa shape index (κ2) is 14.6. The van der Waals surface area contributed by atoms with Crippen LogP contribution in [0.2, 0.25) is 20.1 Å². The quantitative estimate of drug-likeness (QED) is 0.176. The molecular formula is C60H36Cl4O4. The predicted molar refractivity (Wildman–Crippen MR) is 266 cm³/mol. The SMILES string of the molecule is O=C1c2ccccc2[C@]2(c3ccc(Cl)cc3)[C@H]1[C@@H]1C(=O)c3ccccc3[C@@]12c1ccc(Cl)cc1.O=C1c2ccccc2[C@]2(c3ccc(Cl)cc3)[C@H]1[C@@H]1C(=O)c3ccccc3[C@@]12c1ccc(Cl)cc1. The first-order valence-electron chi connectivity index (χ1n) is 22.6. The van der Waals surface area contributed by atoms with Gasteiger partial charge in [0.25, 0.3) is 0 Å². The molecule has 0 N–H and O–H groups in total. The van der Waals surface area contributed by atoms with Gasteiger partial charge < -0.3 is 0 Å². The van der Waals surface area contributed by atoms with Crippen molar-refractivity contribution in [3.63, 3.8) is 0 Å². The number of hydrogen-bond donors (Lipinski definition) is 0. The highest BCUT2D eigenvalue weighted by Gasteiger charge is 2.84. The van der Waals surface area contributed by atoms with Crippen LogP contribution < -0.4 is 0 Å². The maximum atomic E-state index is 14.0. The molecule has 8 aromatic carbocycles. The van der Waals surface area contributed by atoms with Gasteiger partial charge in [0.1, 0.15) is 0 Å². The van der Waals surface area contributed by atoms with Gasteiger partial charge in [0, 0.05) is 87.7 Å². The summed E-state index contributed by atoms with van der Waals surface area (Å²) < 4.78 is 0. The van der Waals surface area contributed by atoms with E-state index in [1.807, 2.05) is 170 Å². The molecule has 328 valence electrons. The van der Waals surface area contributed by atoms with Crippen molar-refractivity contribution in [3.05, 3.63) is 281 Å². The van der Waals surface area contributed by atoms with E-state index in [0.717, 1.165) is 44.5 Å². The van der Waals surface area contributed by atoms with E-state index in [2.05, 4.69) is 24.3 Å². The van der Waals surface area contributed by atoms with Crippen molar-refractivity contribution >= 4 is 69.5 Å². The number of rotatable bonds is 4. The molecule has 2 saturated carbocycles. The summed E-state index contributed by atoms with van der Waals surface area (Å²) in [5.41, 5.74) is 7.78. The van der Waals surface area contributed by atoms with Crippen molar-refractivity contribution in [1.29, 1.82) is 0 Å². The van der Waals surface area contributed by atoms with Gasteiger partial charge in [-0.1, -0.05) is 192 Å². The van der Waals surface area contributed by atoms with E-state index in [9.17, 15) is 19.2 Å². The fraction of sp³-hybridized carbons (Fsp3) is 0.133. The van der Waals surface area contributed by atoms with Crippen LogP contribution in [0.5, 0.6) is 0 Å². The maximum Gasteiger partial charge on any atom is 0.168 e. The minimum absolute atomic E-state index is 0.0429. The van der Waals surface area contributed by atoms with Gasteiger partial charge in [-0.2, -0.15) is 0 Å². The second-order valence-corrected chi connectivity index (χ2v) is 20.6. The zero-order valence-corrected chi connectivity index (χ0v) is 39.0. The molecule has 0 aromatic heterocycles. The van der Waals surface area contributed by atoms with Crippen LogP contribution in [-0.4, -0.2) is 23.1 Å². The third-order valence-corrected chi connectivity index (χ3v) is 17.6. The molecule has 8 heteroatoms. The molecule has 8 atom stereocenters. The Kier molecular flexibility index (Phi) is 8.94. The van der Waals surface area contributed by atoms with E-state index in [1.165, 1.54) is 0 Å². The molecule has 0 heterocycles. The third-order valence-electron chi connectivity index (χ3n) is 16.6. The van der Waals surface area contributed by atoms with E-state index < -0.39 is 45.3 Å². The van der Waals surface area contributed by atoms with Gasteiger partial charge in [-0.25, -0.2) is 0 Å². The van der Waals surface area contributed by atoms with Crippen LogP contribution in [-0.2, 0) is 21.7 Å². The van der Waals surface area contributed by atoms with Gasteiger partial charge >= 0.3 is 0 Å². The summed E-state index contributed by atoms with van der Waals surface area (Å²) in [5.74, 6) is -1.77. The summed E-state index contributed by atoms with van der Waals surface area (Å²) in [7, 11) is 0. The molecule has 0 saturated heterocycles. The van der Waals surface area contributed by atoms with Crippen LogP contribution in [0.4, 0.5) is 0 Å². The zero-order chi connectivity index (χ0) is 46.5. The summed E-state index contributed by atoms with van der Waals surface area (Å²) >= 11 is 25.2. The lowest BCUT2D eigenvalue weighted by molar-refractivity contribution is 0.00359. The Hall–Kier alpha value is -6.40. The summed E-state index contributed by atoms with van der Waals surface area (Å²) in [6.07, 6.45) is 0. The standard InChI is InChI=1S/2C30H18Cl2O2/c2*31-19-13-9-17(10-14-19)29-23-7-3-1-5-21(23)27(33)25(29)26-28(34)22-6-2-4-8-24(22)30(26,29)18-11-15-20(32)16-12-18/h2*1-16,25-26H/t2*25-,26+,29+,30-. The van der Waals surface area contributed by atoms with Gasteiger partial charge in [-0.3, -0.25) is 19.2 Å². The van der Waals surface area contributed by atoms with Crippen LogP contribution in [0.25, 0.3) is 0 Å². The Morgan fingerprint density at radius 1 is 0.250 bits per heavy atom. The fourth-order valence-electron chi connectivity index (χ4n) is 14.6. The summed E-state index contributed by atoms with van der Waals surface area (Å²) in [4.78, 5) is 55.9. The van der Waals surface area contributed by atoms with Gasteiger partial charge in [-0.05, 0) is 93.0 Å². The predicted octanol–water partition coefficient (Wildman–Crippen LogP) is 13.8. The Labute approximate surface area is 412 Å². The van der Waals surface area contributed by atoms with Crippen LogP contribution in [0.3, 0.4) is 0 Å². The highest BCUT2D eigenvalue weighted by Crippen LogP contribution is 2.79. The van der Waals surface area contributed by atoms with E-state index >= 15 is 0 Å². The lowest BCUT2D eigenvalue weighted by Gasteiger charge is -2.64. The molecule has 0 amide bonds. The first kappa shape index (κ1) is 41.8. The van der Waals surface area contributed by atoms with Crippen molar-refractivity contribution in [3.8, 4) is 0 Å². The van der Waals surface area contributed by atoms with E-state index in [1.54, 1.807) is 0 Å². The average Bonchev–Trinajstić information content (AvgIpc) is 3.90. The molecule has 14 rings (SSSR count). The molecule has 2 fully saturated rings. The number of Topliss-reactive ketones (excluding diaryl/α,β-unsaturated/α-hetero) is 4. The smallest absolute Gasteiger partial charge is 0.168 e. The number of benzene rings is 8. The van der Waals surface area contributed by atoms with Gasteiger partial charge in [-0.15, -0.1) is 0 Å². The Morgan fingerprint density at radius 3 is 0.618 bits per heavy atom. The summed E-state index contributed by atoms with van der Waals surface area (Å²) in [5, 5.41) is 2.53. The molecule has 68 heavy (non-hydrogen) atoms. The monoisotopic (exact) mass is 960 g/mol. The molecular weight excluding hydrogens is 926 g/mol. The number of carbonyl (C=O) groups is 4.